The Hall–Kier alpha value is -3.44. The van der Waals surface area contributed by atoms with E-state index in [0.717, 1.165) is 54.6 Å². The number of hydrogen-bond donors (Lipinski definition) is 0. The van der Waals surface area contributed by atoms with Gasteiger partial charge in [-0.15, -0.1) is 10.2 Å². The first-order valence-corrected chi connectivity index (χ1v) is 11.0. The van der Waals surface area contributed by atoms with Crippen LogP contribution >= 0.6 is 11.6 Å². The maximum Gasteiger partial charge on any atom is 0.220 e. The van der Waals surface area contributed by atoms with Crippen LogP contribution in [0.3, 0.4) is 0 Å². The number of benzene rings is 1. The number of hydrogen-bond acceptors (Lipinski definition) is 6. The molecule has 0 saturated carbocycles. The molecule has 0 spiro atoms. The number of nitriles is 1. The number of carbonyl (C=O) groups is 1. The van der Waals surface area contributed by atoms with E-state index in [1.165, 1.54) is 0 Å². The monoisotopic (exact) mass is 447 g/mol. The molecular formula is C23H22ClN7O. The lowest BCUT2D eigenvalue weighted by atomic mass is 9.95. The van der Waals surface area contributed by atoms with Crippen LogP contribution in [0.15, 0.2) is 36.4 Å². The van der Waals surface area contributed by atoms with Gasteiger partial charge in [-0.05, 0) is 48.7 Å². The van der Waals surface area contributed by atoms with Crippen LogP contribution in [0.5, 0.6) is 0 Å². The number of amides is 1. The number of piperidine rings is 1. The zero-order valence-electron chi connectivity index (χ0n) is 17.7. The molecule has 9 heteroatoms. The van der Waals surface area contributed by atoms with E-state index in [4.69, 9.17) is 16.9 Å². The van der Waals surface area contributed by atoms with E-state index in [2.05, 4.69) is 30.7 Å². The van der Waals surface area contributed by atoms with Crippen LogP contribution in [0.2, 0.25) is 5.02 Å². The second-order valence-corrected chi connectivity index (χ2v) is 8.65. The summed E-state index contributed by atoms with van der Waals surface area (Å²) in [4.78, 5) is 20.6. The second-order valence-electron chi connectivity index (χ2n) is 8.21. The minimum Gasteiger partial charge on any atom is -0.357 e. The molecule has 4 heterocycles. The highest BCUT2D eigenvalue weighted by Gasteiger charge is 2.30. The molecule has 0 radical (unpaired) electrons. The molecule has 1 aromatic carbocycles. The van der Waals surface area contributed by atoms with Crippen LogP contribution in [0.4, 0.5) is 5.82 Å². The number of halogens is 1. The summed E-state index contributed by atoms with van der Waals surface area (Å²) in [6.45, 7) is 4.12. The van der Waals surface area contributed by atoms with Crippen molar-refractivity contribution in [2.24, 2.45) is 0 Å². The number of pyridine rings is 1. The molecule has 162 valence electrons. The molecule has 8 nitrogen and oxygen atoms in total. The van der Waals surface area contributed by atoms with Gasteiger partial charge in [-0.1, -0.05) is 17.7 Å². The Bertz CT molecular complexity index is 1220. The van der Waals surface area contributed by atoms with Crippen molar-refractivity contribution in [2.75, 3.05) is 18.0 Å². The number of rotatable bonds is 2. The van der Waals surface area contributed by atoms with E-state index in [1.807, 2.05) is 30.3 Å². The van der Waals surface area contributed by atoms with Crippen molar-refractivity contribution >= 4 is 23.3 Å². The Morgan fingerprint density at radius 3 is 2.72 bits per heavy atom. The summed E-state index contributed by atoms with van der Waals surface area (Å²) in [5.41, 5.74) is 2.40. The lowest BCUT2D eigenvalue weighted by Gasteiger charge is -2.32. The average Bonchev–Trinajstić information content (AvgIpc) is 3.14. The van der Waals surface area contributed by atoms with Gasteiger partial charge in [-0.25, -0.2) is 4.98 Å². The predicted octanol–water partition coefficient (Wildman–Crippen LogP) is 3.43. The molecule has 32 heavy (non-hydrogen) atoms. The summed E-state index contributed by atoms with van der Waals surface area (Å²) >= 11 is 6.27. The standard InChI is InChI=1S/C23H22ClN7O/c1-15(32)30-13-17-11-18(24)5-6-20(17)31-22(14-30)27-28-23(31)16-7-9-29(10-8-16)21-4-2-3-19(12-25)26-21/h2-6,11,16H,7-10,13-14H2,1H3. The Balaban J connectivity index is 1.45. The molecule has 0 N–H and O–H groups in total. The minimum atomic E-state index is -0.00525. The minimum absolute atomic E-state index is 0.00525. The topological polar surface area (TPSA) is 90.9 Å². The molecule has 1 fully saturated rings. The second kappa shape index (κ2) is 8.24. The highest BCUT2D eigenvalue weighted by molar-refractivity contribution is 6.30. The van der Waals surface area contributed by atoms with Gasteiger partial charge in [0.2, 0.25) is 5.91 Å². The highest BCUT2D eigenvalue weighted by atomic mass is 35.5. The van der Waals surface area contributed by atoms with Gasteiger partial charge in [0.15, 0.2) is 5.82 Å². The Morgan fingerprint density at radius 2 is 1.97 bits per heavy atom. The largest absolute Gasteiger partial charge is 0.357 e. The third kappa shape index (κ3) is 3.69. The van der Waals surface area contributed by atoms with Crippen molar-refractivity contribution in [1.29, 1.82) is 5.26 Å². The maximum atomic E-state index is 12.2. The van der Waals surface area contributed by atoms with Gasteiger partial charge in [0, 0.05) is 37.5 Å². The van der Waals surface area contributed by atoms with Crippen molar-refractivity contribution < 1.29 is 4.79 Å². The average molecular weight is 448 g/mol. The number of fused-ring (bicyclic) bond motifs is 3. The van der Waals surface area contributed by atoms with Crippen molar-refractivity contribution in [3.63, 3.8) is 0 Å². The molecule has 0 atom stereocenters. The molecular weight excluding hydrogens is 426 g/mol. The Labute approximate surface area is 191 Å². The van der Waals surface area contributed by atoms with Gasteiger partial charge in [-0.2, -0.15) is 5.26 Å². The molecule has 0 bridgehead atoms. The molecule has 2 aliphatic heterocycles. The molecule has 0 unspecified atom stereocenters. The summed E-state index contributed by atoms with van der Waals surface area (Å²) < 4.78 is 2.11. The smallest absolute Gasteiger partial charge is 0.220 e. The zero-order chi connectivity index (χ0) is 22.2. The van der Waals surface area contributed by atoms with Gasteiger partial charge in [-0.3, -0.25) is 9.36 Å². The fourth-order valence-electron chi connectivity index (χ4n) is 4.54. The van der Waals surface area contributed by atoms with Gasteiger partial charge in [0.05, 0.1) is 12.2 Å². The third-order valence-corrected chi connectivity index (χ3v) is 6.44. The molecule has 2 aromatic heterocycles. The van der Waals surface area contributed by atoms with E-state index in [9.17, 15) is 4.79 Å². The van der Waals surface area contributed by atoms with E-state index in [-0.39, 0.29) is 11.8 Å². The molecule has 3 aromatic rings. The van der Waals surface area contributed by atoms with E-state index < -0.39 is 0 Å². The fraction of sp³-hybridized carbons (Fsp3) is 0.348. The van der Waals surface area contributed by atoms with Crippen molar-refractivity contribution in [2.45, 2.75) is 38.8 Å². The number of nitrogens with zero attached hydrogens (tertiary/aromatic N) is 7. The van der Waals surface area contributed by atoms with Gasteiger partial charge >= 0.3 is 0 Å². The Kier molecular flexibility index (Phi) is 5.27. The molecule has 0 aliphatic carbocycles. The number of carbonyl (C=O) groups excluding carboxylic acids is 1. The van der Waals surface area contributed by atoms with Crippen LogP contribution in [0.25, 0.3) is 5.69 Å². The summed E-state index contributed by atoms with van der Waals surface area (Å²) in [7, 11) is 0. The molecule has 2 aliphatic rings. The van der Waals surface area contributed by atoms with E-state index in [0.29, 0.717) is 23.8 Å². The quantitative estimate of drug-likeness (QED) is 0.597. The number of aromatic nitrogens is 4. The van der Waals surface area contributed by atoms with Crippen LogP contribution in [-0.4, -0.2) is 43.6 Å². The normalized spacial score (nSPS) is 16.2. The van der Waals surface area contributed by atoms with Crippen LogP contribution in [0, 0.1) is 11.3 Å². The van der Waals surface area contributed by atoms with Crippen molar-refractivity contribution in [3.8, 4) is 11.8 Å². The predicted molar refractivity (Wildman–Crippen MR) is 119 cm³/mol. The summed E-state index contributed by atoms with van der Waals surface area (Å²) in [5.74, 6) is 2.75. The molecule has 1 amide bonds. The first-order chi connectivity index (χ1) is 15.5. The van der Waals surface area contributed by atoms with Crippen molar-refractivity contribution in [1.82, 2.24) is 24.6 Å². The fourth-order valence-corrected chi connectivity index (χ4v) is 4.74. The number of anilines is 1. The summed E-state index contributed by atoms with van der Waals surface area (Å²) in [5, 5.41) is 18.8. The molecule has 5 rings (SSSR count). The third-order valence-electron chi connectivity index (χ3n) is 6.21. The highest BCUT2D eigenvalue weighted by Crippen LogP contribution is 2.34. The van der Waals surface area contributed by atoms with Crippen LogP contribution < -0.4 is 4.90 Å². The lowest BCUT2D eigenvalue weighted by Crippen LogP contribution is -2.34. The summed E-state index contributed by atoms with van der Waals surface area (Å²) in [6.07, 6.45) is 1.80. The lowest BCUT2D eigenvalue weighted by molar-refractivity contribution is -0.130. The van der Waals surface area contributed by atoms with Gasteiger partial charge in [0.25, 0.3) is 0 Å². The zero-order valence-corrected chi connectivity index (χ0v) is 18.5. The maximum absolute atomic E-state index is 12.2. The first-order valence-electron chi connectivity index (χ1n) is 10.6. The van der Waals surface area contributed by atoms with Crippen LogP contribution in [0.1, 0.15) is 48.6 Å². The van der Waals surface area contributed by atoms with Crippen LogP contribution in [-0.2, 0) is 17.9 Å². The van der Waals surface area contributed by atoms with E-state index in [1.54, 1.807) is 17.9 Å². The first kappa shape index (κ1) is 20.5. The molecule has 1 saturated heterocycles. The van der Waals surface area contributed by atoms with Crippen molar-refractivity contribution in [3.05, 3.63) is 64.3 Å². The Morgan fingerprint density at radius 1 is 1.16 bits per heavy atom. The SMILES string of the molecule is CC(=O)N1Cc2cc(Cl)ccc2-n2c(nnc2C2CCN(c3cccc(C#N)n3)CC2)C1. The van der Waals surface area contributed by atoms with Gasteiger partial charge in [0.1, 0.15) is 23.4 Å². The summed E-state index contributed by atoms with van der Waals surface area (Å²) in [6, 6.07) is 13.4. The van der Waals surface area contributed by atoms with Gasteiger partial charge < -0.3 is 9.80 Å². The van der Waals surface area contributed by atoms with E-state index >= 15 is 0 Å².